The molecule has 0 spiro atoms. The number of hydrogen-bond acceptors (Lipinski definition) is 2. The SMILES string of the molecule is CCCCCCCCCCCCNS(=O)(=O)O. The van der Waals surface area contributed by atoms with Crippen molar-refractivity contribution in [2.24, 2.45) is 0 Å². The molecule has 2 N–H and O–H groups in total. The molecule has 0 saturated heterocycles. The molecule has 0 radical (unpaired) electrons. The van der Waals surface area contributed by atoms with Gasteiger partial charge >= 0.3 is 10.3 Å². The van der Waals surface area contributed by atoms with E-state index < -0.39 is 10.3 Å². The molecule has 0 saturated carbocycles. The molecule has 0 atom stereocenters. The van der Waals surface area contributed by atoms with Crippen molar-refractivity contribution in [1.29, 1.82) is 0 Å². The lowest BCUT2D eigenvalue weighted by Gasteiger charge is -2.02. The fourth-order valence-electron chi connectivity index (χ4n) is 1.81. The van der Waals surface area contributed by atoms with Gasteiger partial charge in [0.2, 0.25) is 0 Å². The maximum Gasteiger partial charge on any atom is 0.333 e. The summed E-state index contributed by atoms with van der Waals surface area (Å²) in [5, 5.41) is 0. The van der Waals surface area contributed by atoms with Crippen LogP contribution in [0.25, 0.3) is 0 Å². The molecule has 0 aromatic rings. The van der Waals surface area contributed by atoms with Crippen LogP contribution >= 0.6 is 0 Å². The van der Waals surface area contributed by atoms with Gasteiger partial charge in [0.15, 0.2) is 0 Å². The van der Waals surface area contributed by atoms with Crippen molar-refractivity contribution in [3.63, 3.8) is 0 Å². The Labute approximate surface area is 106 Å². The molecule has 0 unspecified atom stereocenters. The summed E-state index contributed by atoms with van der Waals surface area (Å²) in [6.45, 7) is 2.57. The zero-order chi connectivity index (χ0) is 13.0. The predicted octanol–water partition coefficient (Wildman–Crippen LogP) is 3.30. The van der Waals surface area contributed by atoms with Gasteiger partial charge in [0.05, 0.1) is 0 Å². The second kappa shape index (κ2) is 11.0. The molecule has 0 aliphatic rings. The lowest BCUT2D eigenvalue weighted by Crippen LogP contribution is -2.23. The van der Waals surface area contributed by atoms with E-state index in [2.05, 4.69) is 11.6 Å². The van der Waals surface area contributed by atoms with E-state index in [0.717, 1.165) is 19.3 Å². The van der Waals surface area contributed by atoms with Crippen LogP contribution in [0.2, 0.25) is 0 Å². The van der Waals surface area contributed by atoms with Gasteiger partial charge in [-0.15, -0.1) is 0 Å². The van der Waals surface area contributed by atoms with Crippen molar-refractivity contribution >= 4 is 10.3 Å². The second-order valence-electron chi connectivity index (χ2n) is 4.55. The number of rotatable bonds is 12. The summed E-state index contributed by atoms with van der Waals surface area (Å²) in [6.07, 6.45) is 12.2. The molecule has 0 aliphatic heterocycles. The predicted molar refractivity (Wildman–Crippen MR) is 71.4 cm³/mol. The molecule has 0 aliphatic carbocycles. The largest absolute Gasteiger partial charge is 0.333 e. The molecule has 0 aromatic carbocycles. The lowest BCUT2D eigenvalue weighted by molar-refractivity contribution is 0.464. The third kappa shape index (κ3) is 15.9. The number of hydrogen-bond donors (Lipinski definition) is 2. The van der Waals surface area contributed by atoms with Gasteiger partial charge in [-0.05, 0) is 6.42 Å². The van der Waals surface area contributed by atoms with Gasteiger partial charge in [0, 0.05) is 6.54 Å². The van der Waals surface area contributed by atoms with Crippen LogP contribution in [0, 0.1) is 0 Å². The van der Waals surface area contributed by atoms with Gasteiger partial charge in [-0.1, -0.05) is 64.7 Å². The first kappa shape index (κ1) is 16.9. The van der Waals surface area contributed by atoms with Crippen molar-refractivity contribution in [3.8, 4) is 0 Å². The van der Waals surface area contributed by atoms with Crippen LogP contribution < -0.4 is 4.72 Å². The first-order valence-corrected chi connectivity index (χ1v) is 8.22. The third-order valence-corrected chi connectivity index (χ3v) is 3.38. The van der Waals surface area contributed by atoms with Crippen molar-refractivity contribution in [3.05, 3.63) is 0 Å². The van der Waals surface area contributed by atoms with Gasteiger partial charge in [-0.3, -0.25) is 4.55 Å². The molecule has 0 rings (SSSR count). The van der Waals surface area contributed by atoms with Crippen LogP contribution in [0.5, 0.6) is 0 Å². The van der Waals surface area contributed by atoms with E-state index in [-0.39, 0.29) is 0 Å². The Morgan fingerprint density at radius 1 is 0.824 bits per heavy atom. The van der Waals surface area contributed by atoms with Crippen LogP contribution in [0.4, 0.5) is 0 Å². The molecule has 0 fully saturated rings. The van der Waals surface area contributed by atoms with E-state index in [4.69, 9.17) is 4.55 Å². The Morgan fingerprint density at radius 3 is 1.65 bits per heavy atom. The minimum Gasteiger partial charge on any atom is -0.273 e. The van der Waals surface area contributed by atoms with E-state index in [0.29, 0.717) is 6.54 Å². The zero-order valence-electron chi connectivity index (χ0n) is 11.0. The minimum atomic E-state index is -3.98. The van der Waals surface area contributed by atoms with Crippen LogP contribution in [0.1, 0.15) is 71.1 Å². The van der Waals surface area contributed by atoms with E-state index in [1.165, 1.54) is 44.9 Å². The molecule has 5 heteroatoms. The van der Waals surface area contributed by atoms with Crippen molar-refractivity contribution in [2.45, 2.75) is 71.1 Å². The summed E-state index contributed by atoms with van der Waals surface area (Å²) < 4.78 is 31.2. The Hall–Kier alpha value is -0.130. The molecule has 17 heavy (non-hydrogen) atoms. The summed E-state index contributed by atoms with van der Waals surface area (Å²) in [5.74, 6) is 0. The standard InChI is InChI=1S/C12H27NO3S/c1-2-3-4-5-6-7-8-9-10-11-12-13-17(14,15)16/h13H,2-12H2,1H3,(H,14,15,16). The summed E-state index contributed by atoms with van der Waals surface area (Å²) in [7, 11) is -3.98. The van der Waals surface area contributed by atoms with Gasteiger partial charge < -0.3 is 0 Å². The van der Waals surface area contributed by atoms with Crippen molar-refractivity contribution < 1.29 is 13.0 Å². The average Bonchev–Trinajstić information content (AvgIpc) is 2.24. The van der Waals surface area contributed by atoms with Gasteiger partial charge in [0.1, 0.15) is 0 Å². The molecule has 104 valence electrons. The average molecular weight is 265 g/mol. The monoisotopic (exact) mass is 265 g/mol. The summed E-state index contributed by atoms with van der Waals surface area (Å²) in [5.41, 5.74) is 0. The zero-order valence-corrected chi connectivity index (χ0v) is 11.8. The Kier molecular flexibility index (Phi) is 10.9. The normalized spacial score (nSPS) is 11.9. The second-order valence-corrected chi connectivity index (χ2v) is 5.79. The quantitative estimate of drug-likeness (QED) is 0.420. The highest BCUT2D eigenvalue weighted by atomic mass is 32.2. The number of unbranched alkanes of at least 4 members (excludes halogenated alkanes) is 9. The fraction of sp³-hybridized carbons (Fsp3) is 1.00. The highest BCUT2D eigenvalue weighted by Gasteiger charge is 2.00. The smallest absolute Gasteiger partial charge is 0.273 e. The van der Waals surface area contributed by atoms with Gasteiger partial charge in [-0.2, -0.15) is 13.1 Å². The molecule has 0 aromatic heterocycles. The Bertz CT molecular complexity index is 252. The van der Waals surface area contributed by atoms with E-state index in [1.54, 1.807) is 0 Å². The van der Waals surface area contributed by atoms with Crippen LogP contribution in [0.3, 0.4) is 0 Å². The van der Waals surface area contributed by atoms with Gasteiger partial charge in [0.25, 0.3) is 0 Å². The molecular formula is C12H27NO3S. The van der Waals surface area contributed by atoms with E-state index >= 15 is 0 Å². The Morgan fingerprint density at radius 2 is 1.24 bits per heavy atom. The maximum absolute atomic E-state index is 10.3. The summed E-state index contributed by atoms with van der Waals surface area (Å²) >= 11 is 0. The van der Waals surface area contributed by atoms with E-state index in [1.807, 2.05) is 0 Å². The molecule has 4 nitrogen and oxygen atoms in total. The first-order valence-electron chi connectivity index (χ1n) is 6.78. The third-order valence-electron chi connectivity index (χ3n) is 2.81. The molecule has 0 amide bonds. The minimum absolute atomic E-state index is 0.343. The maximum atomic E-state index is 10.3. The Balaban J connectivity index is 3.04. The molecular weight excluding hydrogens is 238 g/mol. The van der Waals surface area contributed by atoms with Crippen LogP contribution in [-0.2, 0) is 10.3 Å². The highest BCUT2D eigenvalue weighted by molar-refractivity contribution is 7.83. The van der Waals surface area contributed by atoms with E-state index in [9.17, 15) is 8.42 Å². The van der Waals surface area contributed by atoms with Crippen LogP contribution in [-0.4, -0.2) is 19.5 Å². The summed E-state index contributed by atoms with van der Waals surface area (Å²) in [6, 6.07) is 0. The van der Waals surface area contributed by atoms with Gasteiger partial charge in [-0.25, -0.2) is 0 Å². The van der Waals surface area contributed by atoms with Crippen molar-refractivity contribution in [2.75, 3.05) is 6.54 Å². The molecule has 0 bridgehead atoms. The highest BCUT2D eigenvalue weighted by Crippen LogP contribution is 2.10. The first-order chi connectivity index (χ1) is 8.06. The van der Waals surface area contributed by atoms with Crippen LogP contribution in [0.15, 0.2) is 0 Å². The summed E-state index contributed by atoms with van der Waals surface area (Å²) in [4.78, 5) is 0. The fourth-order valence-corrected chi connectivity index (χ4v) is 2.22. The molecule has 0 heterocycles. The number of nitrogens with one attached hydrogen (secondary N) is 1. The lowest BCUT2D eigenvalue weighted by atomic mass is 10.1. The topological polar surface area (TPSA) is 66.4 Å². The van der Waals surface area contributed by atoms with Crippen molar-refractivity contribution in [1.82, 2.24) is 4.72 Å².